The highest BCUT2D eigenvalue weighted by molar-refractivity contribution is 6.36. The molecule has 3 rings (SSSR count). The summed E-state index contributed by atoms with van der Waals surface area (Å²) in [5.74, 6) is 0.433. The van der Waals surface area contributed by atoms with Crippen LogP contribution in [0.4, 0.5) is 5.69 Å². The number of nitrogens with one attached hydrogen (secondary N) is 2. The van der Waals surface area contributed by atoms with E-state index in [1.807, 2.05) is 0 Å². The van der Waals surface area contributed by atoms with Crippen molar-refractivity contribution in [3.63, 3.8) is 0 Å². The molecule has 3 aromatic rings. The molecule has 0 radical (unpaired) electrons. The van der Waals surface area contributed by atoms with E-state index in [0.717, 1.165) is 0 Å². The monoisotopic (exact) mass is 415 g/mol. The first-order valence-corrected chi connectivity index (χ1v) is 8.94. The van der Waals surface area contributed by atoms with Gasteiger partial charge in [0.25, 0.3) is 5.91 Å². The number of hydrogen-bond donors (Lipinski definition) is 2. The number of hydrazone groups is 1. The molecule has 1 heterocycles. The van der Waals surface area contributed by atoms with Gasteiger partial charge in [0.2, 0.25) is 5.91 Å². The fraction of sp³-hybridized carbons (Fsp3) is 0.0500. The number of carbonyl (C=O) groups excluding carboxylic acids is 2. The van der Waals surface area contributed by atoms with Crippen LogP contribution in [0.25, 0.3) is 11.3 Å². The summed E-state index contributed by atoms with van der Waals surface area (Å²) in [4.78, 5) is 23.1. The summed E-state index contributed by atoms with van der Waals surface area (Å²) in [5.41, 5.74) is 4.13. The number of amides is 2. The lowest BCUT2D eigenvalue weighted by Crippen LogP contribution is -2.17. The Balaban J connectivity index is 1.62. The van der Waals surface area contributed by atoms with Crippen LogP contribution in [0.2, 0.25) is 10.0 Å². The van der Waals surface area contributed by atoms with Gasteiger partial charge < -0.3 is 9.73 Å². The number of nitrogens with zero attached hydrogens (tertiary/aromatic N) is 1. The summed E-state index contributed by atoms with van der Waals surface area (Å²) in [5, 5.41) is 7.53. The van der Waals surface area contributed by atoms with Crippen molar-refractivity contribution in [1.82, 2.24) is 5.43 Å². The van der Waals surface area contributed by atoms with Crippen LogP contribution in [0.5, 0.6) is 0 Å². The molecule has 0 saturated heterocycles. The summed E-state index contributed by atoms with van der Waals surface area (Å²) in [6, 6.07) is 15.0. The zero-order valence-electron chi connectivity index (χ0n) is 14.7. The Morgan fingerprint density at radius 2 is 1.79 bits per heavy atom. The first kappa shape index (κ1) is 19.7. The molecule has 2 N–H and O–H groups in total. The minimum Gasteiger partial charge on any atom is -0.455 e. The molecular weight excluding hydrogens is 401 g/mol. The van der Waals surface area contributed by atoms with E-state index >= 15 is 0 Å². The lowest BCUT2D eigenvalue weighted by atomic mass is 10.2. The van der Waals surface area contributed by atoms with Crippen LogP contribution in [0.1, 0.15) is 23.0 Å². The standard InChI is InChI=1S/C20H15Cl2N3O3/c1-12(26)24-15-5-2-13(3-6-15)20(27)25-23-11-16-7-9-19(28-16)17-8-4-14(21)10-18(17)22/h2-11H,1H3,(H,24,26)(H,25,27)/b23-11-. The van der Waals surface area contributed by atoms with E-state index in [1.165, 1.54) is 13.1 Å². The van der Waals surface area contributed by atoms with Gasteiger partial charge >= 0.3 is 0 Å². The number of rotatable bonds is 5. The average Bonchev–Trinajstić information content (AvgIpc) is 3.10. The Hall–Kier alpha value is -3.09. The number of carbonyl (C=O) groups is 2. The van der Waals surface area contributed by atoms with E-state index in [4.69, 9.17) is 27.6 Å². The van der Waals surface area contributed by atoms with Crippen molar-refractivity contribution in [3.8, 4) is 11.3 Å². The molecule has 28 heavy (non-hydrogen) atoms. The predicted molar refractivity (Wildman–Crippen MR) is 110 cm³/mol. The third kappa shape index (κ3) is 5.00. The van der Waals surface area contributed by atoms with Gasteiger partial charge in [0.1, 0.15) is 11.5 Å². The molecule has 0 aliphatic carbocycles. The van der Waals surface area contributed by atoms with Gasteiger partial charge in [-0.05, 0) is 54.6 Å². The van der Waals surface area contributed by atoms with Gasteiger partial charge in [-0.1, -0.05) is 23.2 Å². The van der Waals surface area contributed by atoms with Crippen LogP contribution >= 0.6 is 23.2 Å². The van der Waals surface area contributed by atoms with Gasteiger partial charge in [-0.3, -0.25) is 9.59 Å². The summed E-state index contributed by atoms with van der Waals surface area (Å²) in [6.45, 7) is 1.41. The summed E-state index contributed by atoms with van der Waals surface area (Å²) in [7, 11) is 0. The number of anilines is 1. The zero-order chi connectivity index (χ0) is 20.1. The minimum atomic E-state index is -0.391. The molecule has 142 valence electrons. The van der Waals surface area contributed by atoms with Gasteiger partial charge in [-0.15, -0.1) is 0 Å². The van der Waals surface area contributed by atoms with E-state index in [1.54, 1.807) is 54.6 Å². The van der Waals surface area contributed by atoms with Crippen molar-refractivity contribution in [2.45, 2.75) is 6.92 Å². The SMILES string of the molecule is CC(=O)Nc1ccc(C(=O)N/N=C\c2ccc(-c3ccc(Cl)cc3Cl)o2)cc1. The van der Waals surface area contributed by atoms with Gasteiger partial charge in [0.15, 0.2) is 0 Å². The maximum Gasteiger partial charge on any atom is 0.271 e. The lowest BCUT2D eigenvalue weighted by molar-refractivity contribution is -0.114. The maximum absolute atomic E-state index is 12.1. The van der Waals surface area contributed by atoms with Gasteiger partial charge in [0.05, 0.1) is 11.2 Å². The normalized spacial score (nSPS) is 10.8. The average molecular weight is 416 g/mol. The first-order chi connectivity index (χ1) is 13.4. The van der Waals surface area contributed by atoms with E-state index in [9.17, 15) is 9.59 Å². The predicted octanol–water partition coefficient (Wildman–Crippen LogP) is 4.98. The molecule has 1 aromatic heterocycles. The second kappa shape index (κ2) is 8.73. The molecule has 6 nitrogen and oxygen atoms in total. The Kier molecular flexibility index (Phi) is 6.13. The molecule has 0 aliphatic heterocycles. The Bertz CT molecular complexity index is 1040. The van der Waals surface area contributed by atoms with E-state index in [0.29, 0.717) is 38.4 Å². The molecule has 0 bridgehead atoms. The van der Waals surface area contributed by atoms with Crippen LogP contribution < -0.4 is 10.7 Å². The van der Waals surface area contributed by atoms with Crippen LogP contribution in [0.3, 0.4) is 0 Å². The van der Waals surface area contributed by atoms with Crippen molar-refractivity contribution in [1.29, 1.82) is 0 Å². The van der Waals surface area contributed by atoms with Crippen molar-refractivity contribution in [3.05, 3.63) is 76.0 Å². The van der Waals surface area contributed by atoms with Crippen LogP contribution in [0, 0.1) is 0 Å². The van der Waals surface area contributed by atoms with Crippen molar-refractivity contribution in [2.75, 3.05) is 5.32 Å². The number of benzene rings is 2. The second-order valence-electron chi connectivity index (χ2n) is 5.78. The molecule has 2 aromatic carbocycles. The molecule has 0 atom stereocenters. The fourth-order valence-electron chi connectivity index (χ4n) is 2.38. The molecule has 0 saturated carbocycles. The molecule has 0 aliphatic rings. The molecule has 2 amide bonds. The lowest BCUT2D eigenvalue weighted by Gasteiger charge is -2.03. The highest BCUT2D eigenvalue weighted by Crippen LogP contribution is 2.31. The molecule has 0 spiro atoms. The zero-order valence-corrected chi connectivity index (χ0v) is 16.2. The molecule has 8 heteroatoms. The Labute approximate surface area is 171 Å². The Morgan fingerprint density at radius 3 is 2.46 bits per heavy atom. The van der Waals surface area contributed by atoms with Gasteiger partial charge in [-0.2, -0.15) is 5.10 Å². The van der Waals surface area contributed by atoms with Crippen LogP contribution in [-0.2, 0) is 4.79 Å². The van der Waals surface area contributed by atoms with Crippen LogP contribution in [0.15, 0.2) is 64.1 Å². The topological polar surface area (TPSA) is 83.7 Å². The van der Waals surface area contributed by atoms with Crippen molar-refractivity contribution in [2.24, 2.45) is 5.10 Å². The third-order valence-electron chi connectivity index (χ3n) is 3.65. The van der Waals surface area contributed by atoms with Gasteiger partial charge in [-0.25, -0.2) is 5.43 Å². The van der Waals surface area contributed by atoms with E-state index in [2.05, 4.69) is 15.8 Å². The quantitative estimate of drug-likeness (QED) is 0.455. The molecular formula is C20H15Cl2N3O3. The third-order valence-corrected chi connectivity index (χ3v) is 4.20. The Morgan fingerprint density at radius 1 is 1.04 bits per heavy atom. The van der Waals surface area contributed by atoms with Gasteiger partial charge in [0, 0.05) is 28.8 Å². The van der Waals surface area contributed by atoms with E-state index in [-0.39, 0.29) is 5.91 Å². The maximum atomic E-state index is 12.1. The fourth-order valence-corrected chi connectivity index (χ4v) is 2.89. The van der Waals surface area contributed by atoms with Crippen LogP contribution in [-0.4, -0.2) is 18.0 Å². The van der Waals surface area contributed by atoms with E-state index < -0.39 is 5.91 Å². The second-order valence-corrected chi connectivity index (χ2v) is 6.63. The van der Waals surface area contributed by atoms with Crippen molar-refractivity contribution < 1.29 is 14.0 Å². The summed E-state index contributed by atoms with van der Waals surface area (Å²) in [6.07, 6.45) is 1.39. The number of hydrogen-bond acceptors (Lipinski definition) is 4. The smallest absolute Gasteiger partial charge is 0.271 e. The van der Waals surface area contributed by atoms with Crippen molar-refractivity contribution >= 4 is 46.9 Å². The minimum absolute atomic E-state index is 0.181. The largest absolute Gasteiger partial charge is 0.455 e. The molecule has 0 unspecified atom stereocenters. The highest BCUT2D eigenvalue weighted by atomic mass is 35.5. The molecule has 0 fully saturated rings. The highest BCUT2D eigenvalue weighted by Gasteiger charge is 2.09. The number of halogens is 2. The number of furan rings is 1. The summed E-state index contributed by atoms with van der Waals surface area (Å²) < 4.78 is 5.66. The summed E-state index contributed by atoms with van der Waals surface area (Å²) >= 11 is 12.1. The first-order valence-electron chi connectivity index (χ1n) is 8.19.